The highest BCUT2D eigenvalue weighted by molar-refractivity contribution is 5.79. The molecule has 0 radical (unpaired) electrons. The molecule has 0 bridgehead atoms. The zero-order chi connectivity index (χ0) is 14.2. The predicted molar refractivity (Wildman–Crippen MR) is 67.0 cm³/mol. The molecular formula is C13H15NO5. The number of fused-ring (bicyclic) bond motifs is 1. The van der Waals surface area contributed by atoms with E-state index in [2.05, 4.69) is 0 Å². The Balaban J connectivity index is 2.53. The van der Waals surface area contributed by atoms with Gasteiger partial charge in [0.1, 0.15) is 5.92 Å². The number of carbonyl (C=O) groups is 1. The first-order valence-electron chi connectivity index (χ1n) is 6.03. The van der Waals surface area contributed by atoms with Crippen molar-refractivity contribution >= 4 is 11.7 Å². The Bertz CT molecular complexity index is 542. The van der Waals surface area contributed by atoms with E-state index in [9.17, 15) is 20.0 Å². The molecule has 0 aromatic heterocycles. The van der Waals surface area contributed by atoms with Gasteiger partial charge in [0.15, 0.2) is 0 Å². The molecule has 1 aromatic rings. The molecule has 19 heavy (non-hydrogen) atoms. The summed E-state index contributed by atoms with van der Waals surface area (Å²) >= 11 is 0. The number of carboxylic acid groups (broad SMARTS) is 1. The summed E-state index contributed by atoms with van der Waals surface area (Å²) in [4.78, 5) is 21.7. The van der Waals surface area contributed by atoms with Gasteiger partial charge in [0.25, 0.3) is 5.69 Å². The molecule has 1 aliphatic rings. The molecule has 0 spiro atoms. The van der Waals surface area contributed by atoms with Crippen LogP contribution in [0.2, 0.25) is 0 Å². The lowest BCUT2D eigenvalue weighted by atomic mass is 9.77. The molecule has 6 nitrogen and oxygen atoms in total. The second-order valence-electron chi connectivity index (χ2n) is 4.87. The summed E-state index contributed by atoms with van der Waals surface area (Å²) in [6.45, 7) is 3.83. The molecule has 0 saturated heterocycles. The molecular weight excluding hydrogens is 250 g/mol. The van der Waals surface area contributed by atoms with Gasteiger partial charge >= 0.3 is 5.97 Å². The van der Waals surface area contributed by atoms with Crippen molar-refractivity contribution in [3.05, 3.63) is 39.4 Å². The molecule has 0 saturated carbocycles. The molecule has 1 heterocycles. The molecule has 1 aliphatic heterocycles. The number of ether oxygens (including phenoxy) is 1. The van der Waals surface area contributed by atoms with Crippen molar-refractivity contribution in [2.75, 3.05) is 0 Å². The van der Waals surface area contributed by atoms with Crippen LogP contribution in [0.25, 0.3) is 0 Å². The number of rotatable bonds is 3. The van der Waals surface area contributed by atoms with Gasteiger partial charge in [0, 0.05) is 12.1 Å². The normalized spacial score (nSPS) is 25.7. The van der Waals surface area contributed by atoms with Crippen LogP contribution in [-0.4, -0.2) is 21.6 Å². The first-order valence-corrected chi connectivity index (χ1v) is 6.03. The number of benzene rings is 1. The Kier molecular flexibility index (Phi) is 3.28. The minimum atomic E-state index is -0.973. The number of hydrogen-bond acceptors (Lipinski definition) is 4. The van der Waals surface area contributed by atoms with E-state index in [1.165, 1.54) is 18.2 Å². The van der Waals surface area contributed by atoms with Crippen LogP contribution in [0.15, 0.2) is 18.2 Å². The molecule has 102 valence electrons. The van der Waals surface area contributed by atoms with Crippen LogP contribution >= 0.6 is 0 Å². The number of hydrogen-bond donors (Lipinski definition) is 1. The maximum Gasteiger partial charge on any atom is 0.313 e. The van der Waals surface area contributed by atoms with Gasteiger partial charge < -0.3 is 9.84 Å². The predicted octanol–water partition coefficient (Wildman–Crippen LogP) is 2.46. The van der Waals surface area contributed by atoms with Crippen LogP contribution in [-0.2, 0) is 16.1 Å². The number of nitro groups is 1. The van der Waals surface area contributed by atoms with E-state index in [1.54, 1.807) is 6.92 Å². The van der Waals surface area contributed by atoms with Crippen molar-refractivity contribution in [1.82, 2.24) is 0 Å². The Morgan fingerprint density at radius 3 is 2.84 bits per heavy atom. The maximum atomic E-state index is 11.5. The second-order valence-corrected chi connectivity index (χ2v) is 4.87. The lowest BCUT2D eigenvalue weighted by molar-refractivity contribution is -0.385. The van der Waals surface area contributed by atoms with E-state index in [4.69, 9.17) is 4.74 Å². The standard InChI is InChI=1S/C13H15NO5/c1-3-13(2)11(12(15)16)10-5-4-9(14(17)18)6-8(10)7-19-13/h4-6,11H,3,7H2,1-2H3,(H,15,16). The Morgan fingerprint density at radius 2 is 2.32 bits per heavy atom. The maximum absolute atomic E-state index is 11.5. The summed E-state index contributed by atoms with van der Waals surface area (Å²) in [6.07, 6.45) is 0.556. The second kappa shape index (κ2) is 4.62. The zero-order valence-electron chi connectivity index (χ0n) is 10.8. The SMILES string of the molecule is CCC1(C)OCc2cc([N+](=O)[O-])ccc2C1C(=O)O. The Labute approximate surface area is 110 Å². The molecule has 2 rings (SSSR count). The van der Waals surface area contributed by atoms with E-state index in [1.807, 2.05) is 6.92 Å². The fourth-order valence-corrected chi connectivity index (χ4v) is 2.47. The molecule has 0 aliphatic carbocycles. The number of carboxylic acids is 1. The largest absolute Gasteiger partial charge is 0.481 e. The number of nitrogens with zero attached hydrogens (tertiary/aromatic N) is 1. The van der Waals surface area contributed by atoms with Crippen molar-refractivity contribution in [2.24, 2.45) is 0 Å². The highest BCUT2D eigenvalue weighted by Crippen LogP contribution is 2.42. The minimum absolute atomic E-state index is 0.0495. The molecule has 1 aromatic carbocycles. The first-order chi connectivity index (χ1) is 8.89. The highest BCUT2D eigenvalue weighted by atomic mass is 16.6. The van der Waals surface area contributed by atoms with E-state index in [0.29, 0.717) is 17.5 Å². The minimum Gasteiger partial charge on any atom is -0.481 e. The van der Waals surface area contributed by atoms with E-state index in [-0.39, 0.29) is 12.3 Å². The summed E-state index contributed by atoms with van der Waals surface area (Å²) in [5.74, 6) is -1.78. The van der Waals surface area contributed by atoms with Crippen molar-refractivity contribution in [1.29, 1.82) is 0 Å². The van der Waals surface area contributed by atoms with E-state index in [0.717, 1.165) is 0 Å². The van der Waals surface area contributed by atoms with Gasteiger partial charge in [-0.1, -0.05) is 13.0 Å². The molecule has 1 N–H and O–H groups in total. The fraction of sp³-hybridized carbons (Fsp3) is 0.462. The molecule has 2 unspecified atom stereocenters. The highest BCUT2D eigenvalue weighted by Gasteiger charge is 2.44. The van der Waals surface area contributed by atoms with Crippen LogP contribution < -0.4 is 0 Å². The summed E-state index contributed by atoms with van der Waals surface area (Å²) in [5.41, 5.74) is 0.349. The summed E-state index contributed by atoms with van der Waals surface area (Å²) in [5, 5.41) is 20.2. The van der Waals surface area contributed by atoms with Gasteiger partial charge in [-0.2, -0.15) is 0 Å². The first kappa shape index (κ1) is 13.5. The van der Waals surface area contributed by atoms with Gasteiger partial charge in [-0.25, -0.2) is 0 Å². The van der Waals surface area contributed by atoms with Gasteiger partial charge in [-0.15, -0.1) is 0 Å². The van der Waals surface area contributed by atoms with Gasteiger partial charge in [0.2, 0.25) is 0 Å². The zero-order valence-corrected chi connectivity index (χ0v) is 10.8. The third-order valence-corrected chi connectivity index (χ3v) is 3.77. The van der Waals surface area contributed by atoms with Crippen LogP contribution in [0.3, 0.4) is 0 Å². The Morgan fingerprint density at radius 1 is 1.63 bits per heavy atom. The molecule has 0 amide bonds. The van der Waals surface area contributed by atoms with Gasteiger partial charge in [0.05, 0.1) is 17.1 Å². The van der Waals surface area contributed by atoms with Crippen LogP contribution in [0.1, 0.15) is 37.3 Å². The number of aliphatic carboxylic acids is 1. The van der Waals surface area contributed by atoms with Crippen LogP contribution in [0.4, 0.5) is 5.69 Å². The summed E-state index contributed by atoms with van der Waals surface area (Å²) in [7, 11) is 0. The number of nitro benzene ring substituents is 1. The third kappa shape index (κ3) is 2.19. The van der Waals surface area contributed by atoms with Crippen molar-refractivity contribution in [2.45, 2.75) is 38.4 Å². The molecule has 2 atom stereocenters. The van der Waals surface area contributed by atoms with Crippen molar-refractivity contribution in [3.8, 4) is 0 Å². The van der Waals surface area contributed by atoms with E-state index >= 15 is 0 Å². The van der Waals surface area contributed by atoms with Crippen LogP contribution in [0, 0.1) is 10.1 Å². The Hall–Kier alpha value is -1.95. The fourth-order valence-electron chi connectivity index (χ4n) is 2.47. The van der Waals surface area contributed by atoms with Gasteiger partial charge in [-0.3, -0.25) is 14.9 Å². The van der Waals surface area contributed by atoms with Crippen molar-refractivity contribution in [3.63, 3.8) is 0 Å². The lowest BCUT2D eigenvalue weighted by Crippen LogP contribution is -2.43. The summed E-state index contributed by atoms with van der Waals surface area (Å²) < 4.78 is 5.65. The van der Waals surface area contributed by atoms with Crippen LogP contribution in [0.5, 0.6) is 0 Å². The third-order valence-electron chi connectivity index (χ3n) is 3.77. The lowest BCUT2D eigenvalue weighted by Gasteiger charge is -2.39. The smallest absolute Gasteiger partial charge is 0.313 e. The quantitative estimate of drug-likeness (QED) is 0.669. The molecule has 6 heteroatoms. The summed E-state index contributed by atoms with van der Waals surface area (Å²) in [6, 6.07) is 4.26. The van der Waals surface area contributed by atoms with E-state index < -0.39 is 22.4 Å². The van der Waals surface area contributed by atoms with Crippen molar-refractivity contribution < 1.29 is 19.6 Å². The van der Waals surface area contributed by atoms with Gasteiger partial charge in [-0.05, 0) is 24.5 Å². The number of non-ortho nitro benzene ring substituents is 1. The average Bonchev–Trinajstić information content (AvgIpc) is 2.37. The monoisotopic (exact) mass is 265 g/mol. The average molecular weight is 265 g/mol. The topological polar surface area (TPSA) is 89.7 Å². The molecule has 0 fully saturated rings.